The fraction of sp³-hybridized carbons (Fsp3) is 0.515. The minimum Gasteiger partial charge on any atom is -0.465 e. The number of carbonyl (C=O) groups is 3. The average molecular weight is 613 g/mol. The van der Waals surface area contributed by atoms with E-state index in [1.165, 1.54) is 0 Å². The maximum absolute atomic E-state index is 11.7. The zero-order chi connectivity index (χ0) is 31.6. The fourth-order valence-electron chi connectivity index (χ4n) is 4.70. The first kappa shape index (κ1) is 35.8. The van der Waals surface area contributed by atoms with Crippen LogP contribution in [0.15, 0.2) is 48.5 Å². The molecule has 2 N–H and O–H groups in total. The molecule has 2 heterocycles. The molecule has 1 fully saturated rings. The van der Waals surface area contributed by atoms with E-state index in [0.29, 0.717) is 36.6 Å². The molecule has 3 unspecified atom stereocenters. The molecular formula is C33H48N4O5S. The lowest BCUT2D eigenvalue weighted by molar-refractivity contribution is -0.135. The summed E-state index contributed by atoms with van der Waals surface area (Å²) in [6.45, 7) is 11.6. The van der Waals surface area contributed by atoms with Crippen LogP contribution in [0.1, 0.15) is 60.3 Å². The van der Waals surface area contributed by atoms with Crippen molar-refractivity contribution in [2.45, 2.75) is 85.0 Å². The predicted octanol–water partition coefficient (Wildman–Crippen LogP) is 5.85. The van der Waals surface area contributed by atoms with Crippen molar-refractivity contribution in [3.63, 3.8) is 0 Å². The molecule has 0 saturated carbocycles. The molecule has 0 radical (unpaired) electrons. The number of esters is 1. The van der Waals surface area contributed by atoms with Crippen molar-refractivity contribution in [2.24, 2.45) is 5.92 Å². The highest BCUT2D eigenvalue weighted by Crippen LogP contribution is 2.26. The molecule has 0 bridgehead atoms. The third kappa shape index (κ3) is 12.0. The van der Waals surface area contributed by atoms with Crippen LogP contribution in [-0.2, 0) is 25.7 Å². The summed E-state index contributed by atoms with van der Waals surface area (Å²) in [5.74, 6) is 4.07. The molecule has 1 saturated heterocycles. The van der Waals surface area contributed by atoms with Gasteiger partial charge in [-0.3, -0.25) is 14.4 Å². The third-order valence-corrected chi connectivity index (χ3v) is 8.06. The molecular weight excluding hydrogens is 564 g/mol. The highest BCUT2D eigenvalue weighted by Gasteiger charge is 2.25. The van der Waals surface area contributed by atoms with Gasteiger partial charge < -0.3 is 24.7 Å². The Bertz CT molecular complexity index is 1250. The molecule has 4 rings (SSSR count). The van der Waals surface area contributed by atoms with Gasteiger partial charge in [0.1, 0.15) is 11.6 Å². The Labute approximate surface area is 260 Å². The zero-order valence-electron chi connectivity index (χ0n) is 26.4. The second kappa shape index (κ2) is 19.7. The Kier molecular flexibility index (Phi) is 16.5. The van der Waals surface area contributed by atoms with Crippen LogP contribution in [0.25, 0.3) is 22.4 Å². The van der Waals surface area contributed by atoms with Gasteiger partial charge in [0.25, 0.3) is 6.47 Å². The van der Waals surface area contributed by atoms with Crippen LogP contribution in [0.3, 0.4) is 0 Å². The van der Waals surface area contributed by atoms with Crippen molar-refractivity contribution in [3.8, 4) is 17.1 Å². The van der Waals surface area contributed by atoms with Crippen LogP contribution < -0.4 is 15.4 Å². The van der Waals surface area contributed by atoms with Gasteiger partial charge in [-0.15, -0.1) is 0 Å². The smallest absolute Gasteiger partial charge is 0.311 e. The van der Waals surface area contributed by atoms with Crippen LogP contribution in [-0.4, -0.2) is 65.1 Å². The lowest BCUT2D eigenvalue weighted by Gasteiger charge is -2.16. The van der Waals surface area contributed by atoms with E-state index in [4.69, 9.17) is 9.72 Å². The molecule has 1 aliphatic heterocycles. The fourth-order valence-corrected chi connectivity index (χ4v) is 6.07. The highest BCUT2D eigenvalue weighted by molar-refractivity contribution is 7.99. The van der Waals surface area contributed by atoms with Gasteiger partial charge in [-0.25, -0.2) is 4.98 Å². The van der Waals surface area contributed by atoms with E-state index in [1.807, 2.05) is 68.2 Å². The molecule has 1 amide bonds. The first-order valence-corrected chi connectivity index (χ1v) is 16.2. The number of rotatable bonds is 13. The summed E-state index contributed by atoms with van der Waals surface area (Å²) in [4.78, 5) is 36.3. The number of nitrogens with zero attached hydrogens (tertiary/aromatic N) is 2. The van der Waals surface area contributed by atoms with Crippen molar-refractivity contribution in [3.05, 3.63) is 48.5 Å². The van der Waals surface area contributed by atoms with Crippen LogP contribution in [0.5, 0.6) is 5.75 Å². The van der Waals surface area contributed by atoms with Crippen molar-refractivity contribution in [1.82, 2.24) is 20.2 Å². The summed E-state index contributed by atoms with van der Waals surface area (Å²) in [6.07, 6.45) is 4.10. The van der Waals surface area contributed by atoms with Gasteiger partial charge in [-0.1, -0.05) is 39.3 Å². The number of aromatic nitrogens is 2. The van der Waals surface area contributed by atoms with E-state index in [9.17, 15) is 14.4 Å². The summed E-state index contributed by atoms with van der Waals surface area (Å²) in [5, 5.41) is 5.94. The van der Waals surface area contributed by atoms with Crippen molar-refractivity contribution >= 4 is 41.6 Å². The Balaban J connectivity index is 0.000000280. The van der Waals surface area contributed by atoms with E-state index in [-0.39, 0.29) is 12.1 Å². The van der Waals surface area contributed by atoms with E-state index in [1.54, 1.807) is 0 Å². The number of hydrogen-bond acceptors (Lipinski definition) is 8. The van der Waals surface area contributed by atoms with Gasteiger partial charge in [0.15, 0.2) is 0 Å². The molecule has 2 aromatic carbocycles. The van der Waals surface area contributed by atoms with Crippen molar-refractivity contribution in [1.29, 1.82) is 0 Å². The molecule has 236 valence electrons. The number of unbranched alkanes of at least 4 members (excludes halogenated alkanes) is 1. The molecule has 9 nitrogen and oxygen atoms in total. The second-order valence-corrected chi connectivity index (χ2v) is 11.8. The van der Waals surface area contributed by atoms with E-state index < -0.39 is 0 Å². The topological polar surface area (TPSA) is 112 Å². The third-order valence-electron chi connectivity index (χ3n) is 6.87. The number of amides is 1. The number of carbonyl (C=O) groups excluding carboxylic acids is 3. The number of hydrogen-bond donors (Lipinski definition) is 2. The SMILES string of the molecule is CC(C)CC(C)OC=O.CCCCC(=O)Oc1ccc(-c2nc3ccccc3n2CC)cc1.CNC1CSCC1NC=O. The lowest BCUT2D eigenvalue weighted by atomic mass is 10.1. The standard InChI is InChI=1S/C20H22N2O2.C7H14O2.C6H12N2OS/c1-3-5-10-19(23)24-16-13-11-15(12-14-16)20-21-17-8-6-7-9-18(17)22(20)4-2;1-6(2)4-7(3)9-5-8;1-7-5-2-10-3-6(5)8-4-9/h6-9,11-14H,3-5,10H2,1-2H3;5-7H,4H2,1-3H3;4-7H,2-3H2,1H3,(H,8,9). The number of imidazole rings is 1. The van der Waals surface area contributed by atoms with Crippen LogP contribution >= 0.6 is 11.8 Å². The number of benzene rings is 2. The van der Waals surface area contributed by atoms with Gasteiger partial charge >= 0.3 is 5.97 Å². The number of likely N-dealkylation sites (N-methyl/N-ethyl adjacent to an activating group) is 1. The zero-order valence-corrected chi connectivity index (χ0v) is 27.2. The summed E-state index contributed by atoms with van der Waals surface area (Å²) in [5.41, 5.74) is 3.14. The van der Waals surface area contributed by atoms with E-state index >= 15 is 0 Å². The van der Waals surface area contributed by atoms with E-state index in [2.05, 4.69) is 53.7 Å². The molecule has 3 aromatic rings. The molecule has 43 heavy (non-hydrogen) atoms. The maximum Gasteiger partial charge on any atom is 0.311 e. The van der Waals surface area contributed by atoms with Gasteiger partial charge in [-0.2, -0.15) is 11.8 Å². The number of thioether (sulfide) groups is 1. The number of nitrogens with one attached hydrogen (secondary N) is 2. The Morgan fingerprint density at radius 2 is 1.77 bits per heavy atom. The Morgan fingerprint density at radius 3 is 2.37 bits per heavy atom. The van der Waals surface area contributed by atoms with Gasteiger partial charge in [0, 0.05) is 36.1 Å². The van der Waals surface area contributed by atoms with Crippen LogP contribution in [0.2, 0.25) is 0 Å². The monoisotopic (exact) mass is 612 g/mol. The molecule has 1 aliphatic rings. The van der Waals surface area contributed by atoms with Gasteiger partial charge in [0.05, 0.1) is 23.2 Å². The molecule has 3 atom stereocenters. The number of aryl methyl sites for hydroxylation is 1. The van der Waals surface area contributed by atoms with E-state index in [0.717, 1.165) is 66.1 Å². The van der Waals surface area contributed by atoms with Crippen molar-refractivity contribution in [2.75, 3.05) is 18.6 Å². The summed E-state index contributed by atoms with van der Waals surface area (Å²) < 4.78 is 12.2. The maximum atomic E-state index is 11.7. The van der Waals surface area contributed by atoms with Crippen LogP contribution in [0.4, 0.5) is 0 Å². The minimum atomic E-state index is -0.176. The Morgan fingerprint density at radius 1 is 1.07 bits per heavy atom. The first-order chi connectivity index (χ1) is 20.8. The summed E-state index contributed by atoms with van der Waals surface area (Å²) in [7, 11) is 1.93. The summed E-state index contributed by atoms with van der Waals surface area (Å²) in [6, 6.07) is 16.5. The molecule has 0 spiro atoms. The van der Waals surface area contributed by atoms with Gasteiger partial charge in [-0.05, 0) is 76.1 Å². The number of ether oxygens (including phenoxy) is 2. The predicted molar refractivity (Wildman–Crippen MR) is 175 cm³/mol. The first-order valence-electron chi connectivity index (χ1n) is 15.1. The highest BCUT2D eigenvalue weighted by atomic mass is 32.2. The van der Waals surface area contributed by atoms with Gasteiger partial charge in [0.2, 0.25) is 6.41 Å². The summed E-state index contributed by atoms with van der Waals surface area (Å²) >= 11 is 1.87. The molecule has 0 aliphatic carbocycles. The Hall–Kier alpha value is -3.37. The largest absolute Gasteiger partial charge is 0.465 e. The average Bonchev–Trinajstić information content (AvgIpc) is 3.61. The quantitative estimate of drug-likeness (QED) is 0.141. The number of para-hydroxylation sites is 2. The lowest BCUT2D eigenvalue weighted by Crippen LogP contribution is -2.45. The molecule has 1 aromatic heterocycles. The second-order valence-electron chi connectivity index (χ2n) is 10.8. The van der Waals surface area contributed by atoms with Crippen molar-refractivity contribution < 1.29 is 23.9 Å². The normalized spacial score (nSPS) is 16.3. The minimum absolute atomic E-state index is 0.0718. The van der Waals surface area contributed by atoms with Crippen LogP contribution in [0, 0.1) is 5.92 Å². The molecule has 10 heteroatoms. The number of fused-ring (bicyclic) bond motifs is 1.